The number of ether oxygens (including phenoxy) is 3. The Balaban J connectivity index is 1.39. The van der Waals surface area contributed by atoms with Crippen LogP contribution in [0.3, 0.4) is 0 Å². The van der Waals surface area contributed by atoms with Crippen LogP contribution in [0.1, 0.15) is 18.4 Å². The van der Waals surface area contributed by atoms with Gasteiger partial charge in [-0.05, 0) is 53.1 Å². The molecule has 0 spiro atoms. The van der Waals surface area contributed by atoms with E-state index in [1.807, 2.05) is 24.3 Å². The molecule has 0 radical (unpaired) electrons. The fraction of sp³-hybridized carbons (Fsp3) is 0.412. The first-order chi connectivity index (χ1) is 12.8. The molecule has 0 saturated carbocycles. The summed E-state index contributed by atoms with van der Waals surface area (Å²) in [5, 5.41) is 18.7. The molecule has 9 heteroatoms. The molecule has 0 aliphatic carbocycles. The van der Waals surface area contributed by atoms with Crippen molar-refractivity contribution in [2.75, 3.05) is 25.6 Å². The van der Waals surface area contributed by atoms with Gasteiger partial charge in [0.2, 0.25) is 0 Å². The van der Waals surface area contributed by atoms with E-state index < -0.39 is 0 Å². The van der Waals surface area contributed by atoms with E-state index in [1.54, 1.807) is 13.2 Å². The van der Waals surface area contributed by atoms with Gasteiger partial charge in [-0.1, -0.05) is 6.07 Å². The van der Waals surface area contributed by atoms with Crippen molar-refractivity contribution >= 4 is 11.5 Å². The highest BCUT2D eigenvalue weighted by Crippen LogP contribution is 2.29. The van der Waals surface area contributed by atoms with Gasteiger partial charge in [0.25, 0.3) is 0 Å². The molecule has 1 aliphatic rings. The Morgan fingerprint density at radius 2 is 2.23 bits per heavy atom. The van der Waals surface area contributed by atoms with E-state index in [0.717, 1.165) is 30.8 Å². The summed E-state index contributed by atoms with van der Waals surface area (Å²) in [5.41, 5.74) is 1.65. The third kappa shape index (κ3) is 3.67. The number of benzene rings is 1. The van der Waals surface area contributed by atoms with Crippen molar-refractivity contribution in [1.29, 1.82) is 0 Å². The van der Waals surface area contributed by atoms with Crippen molar-refractivity contribution in [3.8, 4) is 11.5 Å². The van der Waals surface area contributed by atoms with Crippen molar-refractivity contribution in [3.63, 3.8) is 0 Å². The lowest BCUT2D eigenvalue weighted by Gasteiger charge is -2.15. The summed E-state index contributed by atoms with van der Waals surface area (Å²) in [7, 11) is 1.64. The lowest BCUT2D eigenvalue weighted by molar-refractivity contribution is 0.0669. The Kier molecular flexibility index (Phi) is 4.78. The van der Waals surface area contributed by atoms with Gasteiger partial charge >= 0.3 is 0 Å². The van der Waals surface area contributed by atoms with Crippen LogP contribution in [0.4, 0.5) is 5.82 Å². The van der Waals surface area contributed by atoms with Crippen molar-refractivity contribution < 1.29 is 14.2 Å². The fourth-order valence-corrected chi connectivity index (χ4v) is 2.84. The van der Waals surface area contributed by atoms with Crippen LogP contribution in [0.25, 0.3) is 5.65 Å². The Bertz CT molecular complexity index is 878. The molecule has 136 valence electrons. The Morgan fingerprint density at radius 1 is 1.27 bits per heavy atom. The maximum atomic E-state index is 5.86. The monoisotopic (exact) mass is 356 g/mol. The van der Waals surface area contributed by atoms with E-state index in [4.69, 9.17) is 14.2 Å². The molecular formula is C17H20N6O3. The van der Waals surface area contributed by atoms with E-state index >= 15 is 0 Å². The number of aromatic nitrogens is 5. The number of nitrogens with one attached hydrogen (secondary N) is 1. The highest BCUT2D eigenvalue weighted by molar-refractivity contribution is 5.46. The van der Waals surface area contributed by atoms with Crippen molar-refractivity contribution in [2.45, 2.75) is 25.5 Å². The first kappa shape index (κ1) is 16.5. The average Bonchev–Trinajstić information content (AvgIpc) is 3.36. The van der Waals surface area contributed by atoms with E-state index in [-0.39, 0.29) is 6.10 Å². The van der Waals surface area contributed by atoms with Gasteiger partial charge in [0, 0.05) is 13.2 Å². The second-order valence-electron chi connectivity index (χ2n) is 6.03. The van der Waals surface area contributed by atoms with Crippen LogP contribution in [-0.2, 0) is 11.3 Å². The van der Waals surface area contributed by atoms with Crippen LogP contribution >= 0.6 is 0 Å². The molecule has 0 amide bonds. The van der Waals surface area contributed by atoms with Crippen LogP contribution in [0, 0.1) is 0 Å². The van der Waals surface area contributed by atoms with Crippen LogP contribution in [0.5, 0.6) is 11.5 Å². The summed E-state index contributed by atoms with van der Waals surface area (Å²) in [5.74, 6) is 2.11. The molecule has 1 saturated heterocycles. The predicted octanol–water partition coefficient (Wildman–Crippen LogP) is 1.70. The Hall–Kier alpha value is -2.94. The van der Waals surface area contributed by atoms with Crippen LogP contribution < -0.4 is 14.8 Å². The molecule has 1 atom stereocenters. The molecule has 1 N–H and O–H groups in total. The first-order valence-corrected chi connectivity index (χ1v) is 8.52. The minimum atomic E-state index is 0.174. The summed E-state index contributed by atoms with van der Waals surface area (Å²) in [4.78, 5) is 0. The molecule has 3 heterocycles. The van der Waals surface area contributed by atoms with E-state index in [9.17, 15) is 0 Å². The number of fused-ring (bicyclic) bond motifs is 1. The number of nitrogens with zero attached hydrogens (tertiary/aromatic N) is 5. The number of anilines is 1. The molecule has 1 aliphatic heterocycles. The number of methoxy groups -OCH3 is 1. The normalized spacial score (nSPS) is 16.7. The minimum absolute atomic E-state index is 0.174. The summed E-state index contributed by atoms with van der Waals surface area (Å²) in [6, 6.07) is 9.51. The topological polar surface area (TPSA) is 95.7 Å². The summed E-state index contributed by atoms with van der Waals surface area (Å²) >= 11 is 0. The van der Waals surface area contributed by atoms with E-state index in [1.165, 1.54) is 4.63 Å². The number of hydrogen-bond donors (Lipinski definition) is 1. The van der Waals surface area contributed by atoms with Gasteiger partial charge in [0.15, 0.2) is 17.1 Å². The second-order valence-corrected chi connectivity index (χ2v) is 6.03. The molecule has 0 bridgehead atoms. The van der Waals surface area contributed by atoms with Gasteiger partial charge in [-0.3, -0.25) is 0 Å². The van der Waals surface area contributed by atoms with Crippen molar-refractivity contribution in [1.82, 2.24) is 25.3 Å². The van der Waals surface area contributed by atoms with Gasteiger partial charge in [-0.15, -0.1) is 14.8 Å². The summed E-state index contributed by atoms with van der Waals surface area (Å²) < 4.78 is 18.3. The maximum Gasteiger partial charge on any atom is 0.200 e. The molecule has 26 heavy (non-hydrogen) atoms. The molecule has 1 fully saturated rings. The third-order valence-corrected chi connectivity index (χ3v) is 4.22. The Morgan fingerprint density at radius 3 is 3.08 bits per heavy atom. The number of rotatable bonds is 7. The van der Waals surface area contributed by atoms with Crippen LogP contribution in [-0.4, -0.2) is 51.7 Å². The third-order valence-electron chi connectivity index (χ3n) is 4.22. The Labute approximate surface area is 150 Å². The number of hydrogen-bond acceptors (Lipinski definition) is 8. The van der Waals surface area contributed by atoms with Gasteiger partial charge in [0.1, 0.15) is 12.4 Å². The van der Waals surface area contributed by atoms with E-state index in [2.05, 4.69) is 25.9 Å². The lowest BCUT2D eigenvalue weighted by atomic mass is 10.2. The predicted molar refractivity (Wildman–Crippen MR) is 93.4 cm³/mol. The van der Waals surface area contributed by atoms with Gasteiger partial charge in [-0.25, -0.2) is 0 Å². The SMILES string of the molecule is COc1cc(CNc2ccc3nnnn3n2)ccc1OCC1CCCO1. The zero-order chi connectivity index (χ0) is 17.8. The van der Waals surface area contributed by atoms with Crippen LogP contribution in [0.2, 0.25) is 0 Å². The fourth-order valence-electron chi connectivity index (χ4n) is 2.84. The summed E-state index contributed by atoms with van der Waals surface area (Å²) in [6.45, 7) is 1.95. The molecule has 3 aromatic rings. The highest BCUT2D eigenvalue weighted by Gasteiger charge is 2.17. The summed E-state index contributed by atoms with van der Waals surface area (Å²) in [6.07, 6.45) is 2.32. The van der Waals surface area contributed by atoms with Crippen LogP contribution in [0.15, 0.2) is 30.3 Å². The van der Waals surface area contributed by atoms with Crippen molar-refractivity contribution in [3.05, 3.63) is 35.9 Å². The molecular weight excluding hydrogens is 336 g/mol. The molecule has 9 nitrogen and oxygen atoms in total. The van der Waals surface area contributed by atoms with Gasteiger partial charge < -0.3 is 19.5 Å². The number of tetrazole rings is 1. The zero-order valence-corrected chi connectivity index (χ0v) is 14.5. The lowest BCUT2D eigenvalue weighted by Crippen LogP contribution is -2.16. The zero-order valence-electron chi connectivity index (χ0n) is 14.5. The van der Waals surface area contributed by atoms with E-state index in [0.29, 0.717) is 30.4 Å². The quantitative estimate of drug-likeness (QED) is 0.683. The van der Waals surface area contributed by atoms with Crippen molar-refractivity contribution in [2.24, 2.45) is 0 Å². The second kappa shape index (κ2) is 7.52. The highest BCUT2D eigenvalue weighted by atomic mass is 16.5. The standard InChI is InChI=1S/C17H20N6O3/c1-24-15-9-12(4-5-14(15)26-11-13-3-2-8-25-13)10-18-16-6-7-17-19-21-22-23(17)20-16/h4-7,9,13H,2-3,8,10-11H2,1H3,(H,18,20). The van der Waals surface area contributed by atoms with Gasteiger partial charge in [-0.2, -0.15) is 0 Å². The molecule has 4 rings (SSSR count). The maximum absolute atomic E-state index is 5.86. The largest absolute Gasteiger partial charge is 0.493 e. The average molecular weight is 356 g/mol. The minimum Gasteiger partial charge on any atom is -0.493 e. The molecule has 1 aromatic carbocycles. The smallest absolute Gasteiger partial charge is 0.200 e. The van der Waals surface area contributed by atoms with Gasteiger partial charge in [0.05, 0.1) is 13.2 Å². The first-order valence-electron chi connectivity index (χ1n) is 8.52. The molecule has 2 aromatic heterocycles. The molecule has 1 unspecified atom stereocenters.